The number of amides is 2. The highest BCUT2D eigenvalue weighted by molar-refractivity contribution is 7.09. The Hall–Kier alpha value is -3.44. The second kappa shape index (κ2) is 10.0. The number of aromatic nitrogens is 3. The van der Waals surface area contributed by atoms with E-state index in [1.54, 1.807) is 10.3 Å². The molecule has 12 heteroatoms. The van der Waals surface area contributed by atoms with Crippen molar-refractivity contribution in [3.8, 4) is 0 Å². The quantitative estimate of drug-likeness (QED) is 0.323. The van der Waals surface area contributed by atoms with Crippen LogP contribution in [0.4, 0.5) is 4.39 Å². The molecule has 2 aromatic heterocycles. The molecule has 0 spiro atoms. The van der Waals surface area contributed by atoms with Gasteiger partial charge in [-0.2, -0.15) is 5.10 Å². The van der Waals surface area contributed by atoms with Gasteiger partial charge in [0.15, 0.2) is 5.84 Å². The van der Waals surface area contributed by atoms with Gasteiger partial charge in [-0.05, 0) is 25.0 Å². The Labute approximate surface area is 197 Å². The van der Waals surface area contributed by atoms with E-state index in [0.717, 1.165) is 5.01 Å². The highest BCUT2D eigenvalue weighted by Gasteiger charge is 2.29. The van der Waals surface area contributed by atoms with Gasteiger partial charge in [-0.3, -0.25) is 14.6 Å². The number of thiazole rings is 1. The smallest absolute Gasteiger partial charge is 0.290 e. The summed E-state index contributed by atoms with van der Waals surface area (Å²) in [6.45, 7) is 0.877. The van der Waals surface area contributed by atoms with E-state index in [1.165, 1.54) is 48.1 Å². The van der Waals surface area contributed by atoms with Crippen LogP contribution in [-0.2, 0) is 0 Å². The fourth-order valence-electron chi connectivity index (χ4n) is 3.43. The van der Waals surface area contributed by atoms with Gasteiger partial charge in [-0.1, -0.05) is 17.7 Å². The van der Waals surface area contributed by atoms with Crippen molar-refractivity contribution in [2.75, 3.05) is 13.1 Å². The van der Waals surface area contributed by atoms with Gasteiger partial charge in [-0.15, -0.1) is 11.3 Å². The molecule has 0 radical (unpaired) electrons. The Balaban J connectivity index is 1.35. The number of nitrogens with zero attached hydrogens (tertiary/aromatic N) is 5. The van der Waals surface area contributed by atoms with E-state index in [9.17, 15) is 14.0 Å². The molecule has 33 heavy (non-hydrogen) atoms. The first-order valence-electron chi connectivity index (χ1n) is 10.0. The van der Waals surface area contributed by atoms with Gasteiger partial charge in [0, 0.05) is 36.8 Å². The Morgan fingerprint density at radius 1 is 1.24 bits per heavy atom. The summed E-state index contributed by atoms with van der Waals surface area (Å²) in [5.41, 5.74) is 8.62. The Morgan fingerprint density at radius 2 is 2.03 bits per heavy atom. The van der Waals surface area contributed by atoms with Crippen molar-refractivity contribution in [1.29, 1.82) is 0 Å². The summed E-state index contributed by atoms with van der Waals surface area (Å²) in [6, 6.07) is 4.18. The van der Waals surface area contributed by atoms with Crippen LogP contribution in [0, 0.1) is 5.82 Å². The molecule has 1 aromatic carbocycles. The summed E-state index contributed by atoms with van der Waals surface area (Å²) in [6.07, 6.45) is 5.69. The average Bonchev–Trinajstić information content (AvgIpc) is 3.33. The maximum Gasteiger partial charge on any atom is 0.290 e. The van der Waals surface area contributed by atoms with Gasteiger partial charge in [0.05, 0.1) is 21.8 Å². The van der Waals surface area contributed by atoms with Crippen LogP contribution in [0.25, 0.3) is 0 Å². The van der Waals surface area contributed by atoms with Crippen molar-refractivity contribution < 1.29 is 14.0 Å². The number of nitrogens with two attached hydrogens (primary N) is 1. The lowest BCUT2D eigenvalue weighted by Crippen LogP contribution is -2.38. The molecule has 1 aliphatic rings. The van der Waals surface area contributed by atoms with Gasteiger partial charge in [0.1, 0.15) is 17.2 Å². The number of benzene rings is 1. The van der Waals surface area contributed by atoms with E-state index in [0.29, 0.717) is 31.6 Å². The van der Waals surface area contributed by atoms with Crippen LogP contribution in [-0.4, -0.2) is 50.6 Å². The molecular weight excluding hydrogens is 469 g/mol. The summed E-state index contributed by atoms with van der Waals surface area (Å²) >= 11 is 7.39. The van der Waals surface area contributed by atoms with E-state index >= 15 is 0 Å². The van der Waals surface area contributed by atoms with Crippen molar-refractivity contribution in [2.45, 2.75) is 18.8 Å². The highest BCUT2D eigenvalue weighted by Crippen LogP contribution is 2.31. The zero-order valence-corrected chi connectivity index (χ0v) is 18.8. The second-order valence-corrected chi connectivity index (χ2v) is 8.56. The summed E-state index contributed by atoms with van der Waals surface area (Å²) in [4.78, 5) is 39.0. The van der Waals surface area contributed by atoms with Crippen molar-refractivity contribution in [3.05, 3.63) is 75.0 Å². The zero-order chi connectivity index (χ0) is 23.4. The number of carbonyl (C=O) groups is 2. The molecule has 4 rings (SSSR count). The Bertz CT molecular complexity index is 1180. The number of nitrogens with one attached hydrogen (secondary N) is 1. The SMILES string of the molecule is NC(=NNC(=O)c1csc(C2CCN(C(=O)c3c(F)cccc3Cl)CC2)n1)c1cnccn1. The van der Waals surface area contributed by atoms with Gasteiger partial charge in [0.25, 0.3) is 11.8 Å². The molecule has 1 saturated heterocycles. The fraction of sp³-hybridized carbons (Fsp3) is 0.238. The molecule has 9 nitrogen and oxygen atoms in total. The van der Waals surface area contributed by atoms with Gasteiger partial charge in [-0.25, -0.2) is 19.8 Å². The van der Waals surface area contributed by atoms with Gasteiger partial charge < -0.3 is 10.6 Å². The third-order valence-corrected chi connectivity index (χ3v) is 6.49. The second-order valence-electron chi connectivity index (χ2n) is 7.26. The number of hydrogen-bond donors (Lipinski definition) is 2. The molecule has 0 bridgehead atoms. The minimum Gasteiger partial charge on any atom is -0.380 e. The first kappa shape index (κ1) is 22.7. The number of rotatable bonds is 5. The molecule has 170 valence electrons. The van der Waals surface area contributed by atoms with Crippen molar-refractivity contribution in [1.82, 2.24) is 25.3 Å². The zero-order valence-electron chi connectivity index (χ0n) is 17.2. The van der Waals surface area contributed by atoms with Crippen molar-refractivity contribution in [2.24, 2.45) is 10.8 Å². The maximum absolute atomic E-state index is 14.1. The van der Waals surface area contributed by atoms with E-state index in [4.69, 9.17) is 17.3 Å². The molecular formula is C21H19ClFN7O2S. The van der Waals surface area contributed by atoms with E-state index in [1.807, 2.05) is 0 Å². The maximum atomic E-state index is 14.1. The molecule has 0 aliphatic carbocycles. The summed E-state index contributed by atoms with van der Waals surface area (Å²) in [5, 5.41) is 6.38. The van der Waals surface area contributed by atoms with E-state index in [-0.39, 0.29) is 28.0 Å². The lowest BCUT2D eigenvalue weighted by molar-refractivity contribution is 0.0708. The normalized spacial score (nSPS) is 14.8. The summed E-state index contributed by atoms with van der Waals surface area (Å²) in [5.74, 6) is -1.43. The molecule has 0 atom stereocenters. The fourth-order valence-corrected chi connectivity index (χ4v) is 4.64. The first-order valence-corrected chi connectivity index (χ1v) is 11.3. The molecule has 0 unspecified atom stereocenters. The number of halogens is 2. The van der Waals surface area contributed by atoms with E-state index < -0.39 is 17.6 Å². The molecule has 1 aliphatic heterocycles. The summed E-state index contributed by atoms with van der Waals surface area (Å²) in [7, 11) is 0. The van der Waals surface area contributed by atoms with Crippen LogP contribution in [0.1, 0.15) is 50.3 Å². The lowest BCUT2D eigenvalue weighted by atomic mass is 9.97. The van der Waals surface area contributed by atoms with Crippen molar-refractivity contribution >= 4 is 40.6 Å². The summed E-state index contributed by atoms with van der Waals surface area (Å²) < 4.78 is 14.1. The van der Waals surface area contributed by atoms with Crippen LogP contribution in [0.5, 0.6) is 0 Å². The molecule has 3 aromatic rings. The third kappa shape index (κ3) is 5.15. The molecule has 1 fully saturated rings. The number of hydrogen-bond acceptors (Lipinski definition) is 7. The van der Waals surface area contributed by atoms with Gasteiger partial charge >= 0.3 is 0 Å². The Kier molecular flexibility index (Phi) is 6.90. The van der Waals surface area contributed by atoms with Crippen LogP contribution < -0.4 is 11.2 Å². The minimum absolute atomic E-state index is 0.0268. The Morgan fingerprint density at radius 3 is 2.73 bits per heavy atom. The molecule has 3 N–H and O–H groups in total. The predicted molar refractivity (Wildman–Crippen MR) is 122 cm³/mol. The highest BCUT2D eigenvalue weighted by atomic mass is 35.5. The van der Waals surface area contributed by atoms with Gasteiger partial charge in [0.2, 0.25) is 0 Å². The predicted octanol–water partition coefficient (Wildman–Crippen LogP) is 2.80. The lowest BCUT2D eigenvalue weighted by Gasteiger charge is -2.31. The first-order chi connectivity index (χ1) is 15.9. The largest absolute Gasteiger partial charge is 0.380 e. The van der Waals surface area contributed by atoms with Crippen molar-refractivity contribution in [3.63, 3.8) is 0 Å². The molecule has 3 heterocycles. The van der Waals surface area contributed by atoms with Crippen LogP contribution in [0.3, 0.4) is 0 Å². The molecule has 0 saturated carbocycles. The third-order valence-electron chi connectivity index (χ3n) is 5.17. The van der Waals surface area contributed by atoms with Crippen LogP contribution in [0.15, 0.2) is 47.3 Å². The van der Waals surface area contributed by atoms with Crippen LogP contribution in [0.2, 0.25) is 5.02 Å². The minimum atomic E-state index is -0.632. The number of amidine groups is 1. The number of piperidine rings is 1. The number of likely N-dealkylation sites (tertiary alicyclic amines) is 1. The molecule has 2 amide bonds. The monoisotopic (exact) mass is 487 g/mol. The van der Waals surface area contributed by atoms with Crippen LogP contribution >= 0.6 is 22.9 Å². The standard InChI is InChI=1S/C21H19ClFN7O2S/c22-13-2-1-3-14(23)17(13)21(32)30-8-4-12(5-9-30)20-27-16(11-33-20)19(31)29-28-18(24)15-10-25-6-7-26-15/h1-3,6-7,10-12H,4-5,8-9H2,(H2,24,28)(H,29,31). The number of hydrazone groups is 1. The average molecular weight is 488 g/mol. The van der Waals surface area contributed by atoms with E-state index in [2.05, 4.69) is 25.5 Å². The topological polar surface area (TPSA) is 126 Å². The number of carbonyl (C=O) groups excluding carboxylic acids is 2.